The zero-order chi connectivity index (χ0) is 12.5. The fourth-order valence-electron chi connectivity index (χ4n) is 1.89. The van der Waals surface area contributed by atoms with E-state index in [1.165, 1.54) is 56.4 Å². The maximum Gasteiger partial charge on any atom is 0.161 e. The topological polar surface area (TPSA) is 29.7 Å². The first kappa shape index (κ1) is 13.1. The van der Waals surface area contributed by atoms with Gasteiger partial charge >= 0.3 is 0 Å². The summed E-state index contributed by atoms with van der Waals surface area (Å²) in [6.45, 7) is 3.05. The van der Waals surface area contributed by atoms with E-state index in [1.807, 2.05) is 0 Å². The fourth-order valence-corrected chi connectivity index (χ4v) is 5.60. The van der Waals surface area contributed by atoms with Crippen molar-refractivity contribution in [3.63, 3.8) is 0 Å². The monoisotopic (exact) mass is 320 g/mol. The van der Waals surface area contributed by atoms with Crippen LogP contribution in [0.2, 0.25) is 0 Å². The van der Waals surface area contributed by atoms with Crippen LogP contribution < -0.4 is 4.72 Å². The van der Waals surface area contributed by atoms with Gasteiger partial charge in [0.25, 0.3) is 0 Å². The molecule has 0 saturated heterocycles. The molecule has 0 aromatic heterocycles. The van der Waals surface area contributed by atoms with E-state index in [2.05, 4.69) is 20.9 Å². The highest BCUT2D eigenvalue weighted by Gasteiger charge is 2.39. The zero-order valence-electron chi connectivity index (χ0n) is 9.68. The Bertz CT molecular complexity index is 460. The summed E-state index contributed by atoms with van der Waals surface area (Å²) in [7, 11) is 5.50. The van der Waals surface area contributed by atoms with Crippen molar-refractivity contribution in [2.45, 2.75) is 26.2 Å². The van der Waals surface area contributed by atoms with Crippen LogP contribution in [0.15, 0.2) is 25.9 Å². The minimum absolute atomic E-state index is 0.149. The van der Waals surface area contributed by atoms with Crippen LogP contribution in [0.5, 0.6) is 0 Å². The summed E-state index contributed by atoms with van der Waals surface area (Å²) in [4.78, 5) is 3.41. The number of unbranched alkanes of at least 4 members (excludes halogenated alkanes) is 2. The Morgan fingerprint density at radius 3 is 2.83 bits per heavy atom. The van der Waals surface area contributed by atoms with Crippen LogP contribution in [0.25, 0.3) is 0 Å². The first-order chi connectivity index (χ1) is 8.83. The molecule has 3 nitrogen and oxygen atoms in total. The molecule has 0 aromatic rings. The lowest BCUT2D eigenvalue weighted by molar-refractivity contribution is 0.460. The number of halogens is 1. The summed E-state index contributed by atoms with van der Waals surface area (Å²) in [6, 6.07) is 0. The normalized spacial score (nSPS) is 22.1. The minimum atomic E-state index is -0.149. The van der Waals surface area contributed by atoms with Crippen LogP contribution in [-0.4, -0.2) is 17.3 Å². The van der Waals surface area contributed by atoms with Gasteiger partial charge in [-0.25, -0.2) is 4.39 Å². The lowest BCUT2D eigenvalue weighted by Crippen LogP contribution is -2.35. The number of rotatable bonds is 4. The van der Waals surface area contributed by atoms with Crippen molar-refractivity contribution in [1.29, 1.82) is 0 Å². The average Bonchev–Trinajstić information content (AvgIpc) is 3.02. The predicted molar refractivity (Wildman–Crippen MR) is 81.3 cm³/mol. The standard InChI is InChI=1S/C10H11FN3S4/c1-2-3-4-5-14-9-7(15-17-12-9)6(11)8-10(14)13-18-16-8/h2-5H2,1H3. The Morgan fingerprint density at radius 1 is 1.17 bits per heavy atom. The van der Waals surface area contributed by atoms with Gasteiger partial charge in [0.1, 0.15) is 9.81 Å². The van der Waals surface area contributed by atoms with Crippen molar-refractivity contribution in [2.24, 2.45) is 4.40 Å². The number of allylic oxidation sites excluding steroid dienone is 1. The van der Waals surface area contributed by atoms with E-state index >= 15 is 0 Å². The molecule has 0 atom stereocenters. The first-order valence-electron chi connectivity index (χ1n) is 5.71. The highest BCUT2D eigenvalue weighted by molar-refractivity contribution is 8.79. The summed E-state index contributed by atoms with van der Waals surface area (Å²) >= 11 is 0. The van der Waals surface area contributed by atoms with Gasteiger partial charge in [-0.2, -0.15) is 9.12 Å². The van der Waals surface area contributed by atoms with Gasteiger partial charge in [-0.3, -0.25) is 0 Å². The minimum Gasteiger partial charge on any atom is -0.308 e. The second-order valence-electron chi connectivity index (χ2n) is 3.98. The third-order valence-electron chi connectivity index (χ3n) is 2.79. The summed E-state index contributed by atoms with van der Waals surface area (Å²) in [5.41, 5.74) is 0. The molecule has 0 aliphatic carbocycles. The van der Waals surface area contributed by atoms with Gasteiger partial charge in [-0.15, -0.1) is 0 Å². The van der Waals surface area contributed by atoms with Crippen molar-refractivity contribution < 1.29 is 4.39 Å². The summed E-state index contributed by atoms with van der Waals surface area (Å²) in [5, 5.41) is 0. The van der Waals surface area contributed by atoms with Crippen LogP contribution in [0.3, 0.4) is 0 Å². The lowest BCUT2D eigenvalue weighted by Gasteiger charge is -2.28. The Kier molecular flexibility index (Phi) is 4.07. The zero-order valence-corrected chi connectivity index (χ0v) is 12.9. The third kappa shape index (κ3) is 2.17. The molecular formula is C10H11FN3S4. The van der Waals surface area contributed by atoms with E-state index in [-0.39, 0.29) is 5.83 Å². The van der Waals surface area contributed by atoms with Crippen LogP contribution >= 0.6 is 43.5 Å². The quantitative estimate of drug-likeness (QED) is 0.433. The van der Waals surface area contributed by atoms with Gasteiger partial charge in [0, 0.05) is 6.54 Å². The van der Waals surface area contributed by atoms with E-state index in [9.17, 15) is 4.39 Å². The Morgan fingerprint density at radius 2 is 2.00 bits per heavy atom. The number of nitrogens with zero attached hydrogens (tertiary/aromatic N) is 3. The van der Waals surface area contributed by atoms with E-state index in [0.717, 1.165) is 24.6 Å². The smallest absolute Gasteiger partial charge is 0.161 e. The molecule has 0 unspecified atom stereocenters. The number of fused-ring (bicyclic) bond motifs is 1. The van der Waals surface area contributed by atoms with Crippen LogP contribution in [0.4, 0.5) is 4.39 Å². The van der Waals surface area contributed by atoms with Gasteiger partial charge in [0.05, 0.1) is 22.0 Å². The first-order valence-corrected chi connectivity index (χ1v) is 9.93. The predicted octanol–water partition coefficient (Wildman–Crippen LogP) is 4.47. The molecule has 3 aliphatic heterocycles. The van der Waals surface area contributed by atoms with Gasteiger partial charge in [-0.05, 0) is 28.0 Å². The highest BCUT2D eigenvalue weighted by atomic mass is 33.1. The average molecular weight is 320 g/mol. The number of hydrogen-bond acceptors (Lipinski definition) is 6. The molecule has 0 saturated carbocycles. The number of amidine groups is 1. The molecule has 0 spiro atoms. The van der Waals surface area contributed by atoms with Crippen LogP contribution in [-0.2, 0) is 0 Å². The maximum absolute atomic E-state index is 14.2. The van der Waals surface area contributed by atoms with Crippen molar-refractivity contribution in [3.8, 4) is 0 Å². The van der Waals surface area contributed by atoms with E-state index in [4.69, 9.17) is 0 Å². The lowest BCUT2D eigenvalue weighted by atomic mass is 10.2. The Hall–Kier alpha value is 0.0800. The third-order valence-corrected chi connectivity index (χ3v) is 6.39. The van der Waals surface area contributed by atoms with E-state index in [1.54, 1.807) is 0 Å². The van der Waals surface area contributed by atoms with E-state index in [0.29, 0.717) is 9.81 Å². The molecule has 3 rings (SSSR count). The van der Waals surface area contributed by atoms with Crippen molar-refractivity contribution >= 4 is 49.4 Å². The summed E-state index contributed by atoms with van der Waals surface area (Å²) in [6.07, 6.45) is 3.43. The number of hydrogen-bond donors (Lipinski definition) is 0. The van der Waals surface area contributed by atoms with Gasteiger partial charge in [0.2, 0.25) is 0 Å². The molecule has 0 N–H and O–H groups in total. The maximum atomic E-state index is 14.2. The highest BCUT2D eigenvalue weighted by Crippen LogP contribution is 2.54. The van der Waals surface area contributed by atoms with Crippen molar-refractivity contribution in [1.82, 2.24) is 9.62 Å². The second-order valence-corrected chi connectivity index (χ2v) is 7.68. The SMILES string of the molecule is CCCCCN1C2=NSSC2=C(F)C2=C1[N]SS2. The molecule has 97 valence electrons. The van der Waals surface area contributed by atoms with Gasteiger partial charge < -0.3 is 4.90 Å². The van der Waals surface area contributed by atoms with Gasteiger partial charge in [-0.1, -0.05) is 19.8 Å². The Labute approximate surface area is 122 Å². The van der Waals surface area contributed by atoms with Crippen molar-refractivity contribution in [3.05, 3.63) is 21.5 Å². The summed E-state index contributed by atoms with van der Waals surface area (Å²) < 4.78 is 22.9. The molecule has 0 aromatic carbocycles. The van der Waals surface area contributed by atoms with Gasteiger partial charge in [0.15, 0.2) is 17.5 Å². The van der Waals surface area contributed by atoms with Crippen LogP contribution in [0.1, 0.15) is 26.2 Å². The largest absolute Gasteiger partial charge is 0.308 e. The molecule has 3 aliphatic rings. The molecule has 0 bridgehead atoms. The molecule has 18 heavy (non-hydrogen) atoms. The summed E-state index contributed by atoms with van der Waals surface area (Å²) in [5.74, 6) is 1.36. The Balaban J connectivity index is 1.88. The molecule has 1 radical (unpaired) electrons. The molecule has 8 heteroatoms. The van der Waals surface area contributed by atoms with Crippen molar-refractivity contribution in [2.75, 3.05) is 6.54 Å². The second kappa shape index (κ2) is 5.60. The molecule has 3 heterocycles. The molecule has 0 amide bonds. The fraction of sp³-hybridized carbons (Fsp3) is 0.500. The molecular weight excluding hydrogens is 309 g/mol. The van der Waals surface area contributed by atoms with E-state index < -0.39 is 0 Å². The van der Waals surface area contributed by atoms with Crippen LogP contribution in [0, 0.1) is 0 Å². The molecule has 0 fully saturated rings.